The molecule has 0 radical (unpaired) electrons. The molecule has 1 unspecified atom stereocenters. The molecule has 0 bridgehead atoms. The van der Waals surface area contributed by atoms with E-state index in [4.69, 9.17) is 23.2 Å². The van der Waals surface area contributed by atoms with Crippen LogP contribution in [0.4, 0.5) is 4.39 Å². The van der Waals surface area contributed by atoms with Crippen LogP contribution >= 0.6 is 23.2 Å². The van der Waals surface area contributed by atoms with Gasteiger partial charge in [-0.15, -0.1) is 11.6 Å². The summed E-state index contributed by atoms with van der Waals surface area (Å²) in [6, 6.07) is 4.70. The predicted octanol–water partition coefficient (Wildman–Crippen LogP) is 4.68. The van der Waals surface area contributed by atoms with E-state index in [0.717, 1.165) is 0 Å². The summed E-state index contributed by atoms with van der Waals surface area (Å²) in [7, 11) is 0. The van der Waals surface area contributed by atoms with Gasteiger partial charge < -0.3 is 0 Å². The summed E-state index contributed by atoms with van der Waals surface area (Å²) < 4.78 is 13.5. The fourth-order valence-electron chi connectivity index (χ4n) is 1.21. The van der Waals surface area contributed by atoms with Crippen molar-refractivity contribution in [3.8, 4) is 0 Å². The Kier molecular flexibility index (Phi) is 4.02. The van der Waals surface area contributed by atoms with Crippen LogP contribution in [0.1, 0.15) is 26.3 Å². The maximum absolute atomic E-state index is 13.5. The molecule has 0 aliphatic heterocycles. The van der Waals surface area contributed by atoms with E-state index in [1.165, 1.54) is 6.07 Å². The monoisotopic (exact) mass is 248 g/mol. The van der Waals surface area contributed by atoms with Crippen molar-refractivity contribution in [2.24, 2.45) is 5.41 Å². The van der Waals surface area contributed by atoms with Gasteiger partial charge in [-0.1, -0.05) is 38.4 Å². The highest BCUT2D eigenvalue weighted by molar-refractivity contribution is 6.31. The van der Waals surface area contributed by atoms with E-state index in [9.17, 15) is 4.39 Å². The second-order valence-electron chi connectivity index (χ2n) is 4.74. The summed E-state index contributed by atoms with van der Waals surface area (Å²) in [5.74, 6) is -0.280. The van der Waals surface area contributed by atoms with Crippen molar-refractivity contribution in [1.82, 2.24) is 0 Å². The van der Waals surface area contributed by atoms with Crippen molar-refractivity contribution >= 4 is 23.2 Å². The van der Waals surface area contributed by atoms with E-state index < -0.39 is 0 Å². The quantitative estimate of drug-likeness (QED) is 0.668. The minimum Gasteiger partial charge on any atom is -0.207 e. The van der Waals surface area contributed by atoms with Crippen LogP contribution in [-0.4, -0.2) is 5.38 Å². The highest BCUT2D eigenvalue weighted by Gasteiger charge is 2.24. The Labute approximate surface area is 100 Å². The van der Waals surface area contributed by atoms with Crippen LogP contribution < -0.4 is 0 Å². The first kappa shape index (κ1) is 12.8. The number of alkyl halides is 1. The Morgan fingerprint density at radius 2 is 1.93 bits per heavy atom. The number of hydrogen-bond donors (Lipinski definition) is 0. The number of rotatable bonds is 2. The zero-order chi connectivity index (χ0) is 11.6. The van der Waals surface area contributed by atoms with E-state index in [-0.39, 0.29) is 16.6 Å². The molecule has 0 aliphatic rings. The third-order valence-corrected chi connectivity index (χ3v) is 3.55. The van der Waals surface area contributed by atoms with Gasteiger partial charge in [-0.3, -0.25) is 0 Å². The summed E-state index contributed by atoms with van der Waals surface area (Å²) in [4.78, 5) is 0. The van der Waals surface area contributed by atoms with Gasteiger partial charge in [-0.2, -0.15) is 0 Å². The molecule has 0 aliphatic carbocycles. The minimum absolute atomic E-state index is 0.0623. The van der Waals surface area contributed by atoms with E-state index in [0.29, 0.717) is 17.0 Å². The second-order valence-corrected chi connectivity index (χ2v) is 5.67. The lowest BCUT2D eigenvalue weighted by Crippen LogP contribution is -2.23. The molecule has 1 aromatic carbocycles. The molecular weight excluding hydrogens is 234 g/mol. The summed E-state index contributed by atoms with van der Waals surface area (Å²) in [5.41, 5.74) is 0.446. The molecule has 3 heteroatoms. The molecule has 0 saturated carbocycles. The van der Waals surface area contributed by atoms with Crippen LogP contribution in [0, 0.1) is 11.2 Å². The van der Waals surface area contributed by atoms with Crippen LogP contribution in [0.2, 0.25) is 5.02 Å². The van der Waals surface area contributed by atoms with Crippen molar-refractivity contribution < 1.29 is 4.39 Å². The molecule has 0 fully saturated rings. The van der Waals surface area contributed by atoms with Crippen LogP contribution in [0.3, 0.4) is 0 Å². The predicted molar refractivity (Wildman–Crippen MR) is 64.2 cm³/mol. The number of benzene rings is 1. The lowest BCUT2D eigenvalue weighted by Gasteiger charge is -2.25. The number of halogens is 3. The highest BCUT2D eigenvalue weighted by Crippen LogP contribution is 2.30. The summed E-state index contributed by atoms with van der Waals surface area (Å²) in [6.45, 7) is 6.08. The third kappa shape index (κ3) is 3.35. The minimum atomic E-state index is -0.280. The summed E-state index contributed by atoms with van der Waals surface area (Å²) in [6.07, 6.45) is 0.455. The molecular formula is C12H15Cl2F. The molecule has 1 rings (SSSR count). The van der Waals surface area contributed by atoms with Gasteiger partial charge in [0.1, 0.15) is 5.82 Å². The Morgan fingerprint density at radius 1 is 1.33 bits per heavy atom. The van der Waals surface area contributed by atoms with Crippen LogP contribution in [-0.2, 0) is 6.42 Å². The second kappa shape index (κ2) is 4.71. The zero-order valence-corrected chi connectivity index (χ0v) is 10.7. The number of hydrogen-bond acceptors (Lipinski definition) is 0. The van der Waals surface area contributed by atoms with E-state index in [1.807, 2.05) is 20.8 Å². The van der Waals surface area contributed by atoms with E-state index in [1.54, 1.807) is 12.1 Å². The van der Waals surface area contributed by atoms with Gasteiger partial charge in [0, 0.05) is 16.0 Å². The smallest absolute Gasteiger partial charge is 0.127 e. The maximum atomic E-state index is 13.5. The van der Waals surface area contributed by atoms with Gasteiger partial charge in [0.15, 0.2) is 0 Å². The highest BCUT2D eigenvalue weighted by atomic mass is 35.5. The topological polar surface area (TPSA) is 0 Å². The van der Waals surface area contributed by atoms with Crippen molar-refractivity contribution in [1.29, 1.82) is 0 Å². The molecule has 0 heterocycles. The average molecular weight is 249 g/mol. The lowest BCUT2D eigenvalue weighted by molar-refractivity contribution is 0.383. The fraction of sp³-hybridized carbons (Fsp3) is 0.500. The largest absolute Gasteiger partial charge is 0.207 e. The molecule has 0 aromatic heterocycles. The van der Waals surface area contributed by atoms with Crippen molar-refractivity contribution in [2.45, 2.75) is 32.6 Å². The SMILES string of the molecule is CC(C)(C)C(Cl)Cc1c(F)cccc1Cl. The molecule has 0 spiro atoms. The Morgan fingerprint density at radius 3 is 2.40 bits per heavy atom. The lowest BCUT2D eigenvalue weighted by atomic mass is 9.88. The van der Waals surface area contributed by atoms with Crippen molar-refractivity contribution in [3.63, 3.8) is 0 Å². The van der Waals surface area contributed by atoms with Crippen LogP contribution in [0.15, 0.2) is 18.2 Å². The Bertz CT molecular complexity index is 322. The van der Waals surface area contributed by atoms with Crippen LogP contribution in [0.25, 0.3) is 0 Å². The van der Waals surface area contributed by atoms with Crippen molar-refractivity contribution in [3.05, 3.63) is 34.6 Å². The molecule has 1 atom stereocenters. The summed E-state index contributed by atoms with van der Waals surface area (Å²) >= 11 is 12.1. The van der Waals surface area contributed by atoms with Gasteiger partial charge in [-0.05, 0) is 24.0 Å². The summed E-state index contributed by atoms with van der Waals surface area (Å²) in [5, 5.41) is 0.316. The fourth-order valence-corrected chi connectivity index (χ4v) is 1.61. The van der Waals surface area contributed by atoms with E-state index in [2.05, 4.69) is 0 Å². The van der Waals surface area contributed by atoms with Gasteiger partial charge in [-0.25, -0.2) is 4.39 Å². The zero-order valence-electron chi connectivity index (χ0n) is 9.15. The van der Waals surface area contributed by atoms with Gasteiger partial charge in [0.25, 0.3) is 0 Å². The molecule has 84 valence electrons. The molecule has 15 heavy (non-hydrogen) atoms. The third-order valence-electron chi connectivity index (χ3n) is 2.38. The Balaban J connectivity index is 2.90. The van der Waals surface area contributed by atoms with Crippen molar-refractivity contribution in [2.75, 3.05) is 0 Å². The molecule has 0 nitrogen and oxygen atoms in total. The first-order valence-electron chi connectivity index (χ1n) is 4.89. The normalized spacial score (nSPS) is 14.0. The van der Waals surface area contributed by atoms with Gasteiger partial charge in [0.05, 0.1) is 0 Å². The standard InChI is InChI=1S/C12H15Cl2F/c1-12(2,3)11(14)7-8-9(13)5-4-6-10(8)15/h4-6,11H,7H2,1-3H3. The average Bonchev–Trinajstić information content (AvgIpc) is 2.09. The molecule has 1 aromatic rings. The first-order valence-corrected chi connectivity index (χ1v) is 5.71. The van der Waals surface area contributed by atoms with E-state index >= 15 is 0 Å². The Hall–Kier alpha value is -0.270. The molecule has 0 saturated heterocycles. The molecule has 0 amide bonds. The van der Waals surface area contributed by atoms with Crippen LogP contribution in [0.5, 0.6) is 0 Å². The van der Waals surface area contributed by atoms with Gasteiger partial charge in [0.2, 0.25) is 0 Å². The molecule has 0 N–H and O–H groups in total. The first-order chi connectivity index (χ1) is 6.82. The van der Waals surface area contributed by atoms with Gasteiger partial charge >= 0.3 is 0 Å². The maximum Gasteiger partial charge on any atom is 0.127 e.